The van der Waals surface area contributed by atoms with Crippen molar-refractivity contribution in [2.75, 3.05) is 13.2 Å². The van der Waals surface area contributed by atoms with Crippen LogP contribution in [0.4, 0.5) is 0 Å². The number of rotatable bonds is 9. The van der Waals surface area contributed by atoms with Gasteiger partial charge in [-0.1, -0.05) is 36.4 Å². The Bertz CT molecular complexity index is 888. The molecule has 3 aromatic rings. The number of carbonyl (C=O) groups excluding carboxylic acids is 1. The lowest BCUT2D eigenvalue weighted by atomic mass is 10.1. The predicted molar refractivity (Wildman–Crippen MR) is 107 cm³/mol. The van der Waals surface area contributed by atoms with Crippen molar-refractivity contribution in [3.8, 4) is 17.1 Å². The molecule has 7 nitrogen and oxygen atoms in total. The van der Waals surface area contributed by atoms with Crippen molar-refractivity contribution >= 4 is 5.91 Å². The fourth-order valence-corrected chi connectivity index (χ4v) is 2.89. The Morgan fingerprint density at radius 3 is 2.61 bits per heavy atom. The van der Waals surface area contributed by atoms with E-state index >= 15 is 0 Å². The van der Waals surface area contributed by atoms with Crippen LogP contribution in [0.15, 0.2) is 48.5 Å². The molecule has 28 heavy (non-hydrogen) atoms. The summed E-state index contributed by atoms with van der Waals surface area (Å²) in [5.41, 5.74) is 3.25. The number of carbonyl (C=O) groups is 1. The first-order chi connectivity index (χ1) is 13.6. The number of nitrogens with zero attached hydrogens (tertiary/aromatic N) is 4. The standard InChI is InChI=1S/C21H25N5O2/c1-16-13-17(2)15-19(14-16)28-12-10-22-20(27)9-6-11-26-24-21(23-25-26)18-7-4-3-5-8-18/h3-5,7-8,13-15H,6,9-12H2,1-2H3,(H,22,27). The minimum Gasteiger partial charge on any atom is -0.492 e. The van der Waals surface area contributed by atoms with Gasteiger partial charge in [0.2, 0.25) is 11.7 Å². The summed E-state index contributed by atoms with van der Waals surface area (Å²) >= 11 is 0. The van der Waals surface area contributed by atoms with Gasteiger partial charge in [0, 0.05) is 12.0 Å². The van der Waals surface area contributed by atoms with Crippen LogP contribution in [0.25, 0.3) is 11.4 Å². The average Bonchev–Trinajstić information content (AvgIpc) is 3.14. The Kier molecular flexibility index (Phi) is 6.73. The average molecular weight is 379 g/mol. The number of benzene rings is 2. The lowest BCUT2D eigenvalue weighted by Gasteiger charge is -2.09. The van der Waals surface area contributed by atoms with Crippen molar-refractivity contribution in [1.82, 2.24) is 25.5 Å². The second-order valence-corrected chi connectivity index (χ2v) is 6.70. The number of aryl methyl sites for hydroxylation is 3. The Morgan fingerprint density at radius 2 is 1.86 bits per heavy atom. The van der Waals surface area contributed by atoms with Gasteiger partial charge in [0.1, 0.15) is 12.4 Å². The van der Waals surface area contributed by atoms with E-state index in [0.29, 0.717) is 38.4 Å². The first-order valence-electron chi connectivity index (χ1n) is 9.41. The van der Waals surface area contributed by atoms with Crippen LogP contribution < -0.4 is 10.1 Å². The molecule has 0 fully saturated rings. The molecule has 2 aromatic carbocycles. The van der Waals surface area contributed by atoms with Crippen LogP contribution >= 0.6 is 0 Å². The fraction of sp³-hybridized carbons (Fsp3) is 0.333. The van der Waals surface area contributed by atoms with Gasteiger partial charge in [0.25, 0.3) is 0 Å². The molecule has 1 aromatic heterocycles. The van der Waals surface area contributed by atoms with Gasteiger partial charge in [0.05, 0.1) is 13.1 Å². The van der Waals surface area contributed by atoms with E-state index < -0.39 is 0 Å². The van der Waals surface area contributed by atoms with E-state index in [1.807, 2.05) is 56.3 Å². The maximum Gasteiger partial charge on any atom is 0.220 e. The summed E-state index contributed by atoms with van der Waals surface area (Å²) in [6, 6.07) is 15.8. The topological polar surface area (TPSA) is 81.9 Å². The monoisotopic (exact) mass is 379 g/mol. The molecule has 0 aliphatic heterocycles. The first kappa shape index (κ1) is 19.5. The Hall–Kier alpha value is -3.22. The van der Waals surface area contributed by atoms with Gasteiger partial charge in [-0.3, -0.25) is 4.79 Å². The largest absolute Gasteiger partial charge is 0.492 e. The molecule has 1 amide bonds. The maximum atomic E-state index is 11.9. The van der Waals surface area contributed by atoms with Gasteiger partial charge in [-0.2, -0.15) is 4.80 Å². The molecule has 1 heterocycles. The van der Waals surface area contributed by atoms with Crippen LogP contribution in [0.2, 0.25) is 0 Å². The van der Waals surface area contributed by atoms with Crippen molar-refractivity contribution in [2.45, 2.75) is 33.2 Å². The molecule has 0 atom stereocenters. The van der Waals surface area contributed by atoms with Gasteiger partial charge >= 0.3 is 0 Å². The number of hydrogen-bond acceptors (Lipinski definition) is 5. The molecule has 0 saturated heterocycles. The van der Waals surface area contributed by atoms with E-state index in [1.165, 1.54) is 4.80 Å². The molecule has 0 radical (unpaired) electrons. The predicted octanol–water partition coefficient (Wildman–Crippen LogP) is 2.93. The summed E-state index contributed by atoms with van der Waals surface area (Å²) in [7, 11) is 0. The normalized spacial score (nSPS) is 10.6. The molecule has 1 N–H and O–H groups in total. The third-order valence-corrected chi connectivity index (χ3v) is 4.13. The zero-order valence-electron chi connectivity index (χ0n) is 16.3. The summed E-state index contributed by atoms with van der Waals surface area (Å²) in [5, 5.41) is 15.3. The highest BCUT2D eigenvalue weighted by atomic mass is 16.5. The van der Waals surface area contributed by atoms with Gasteiger partial charge in [-0.25, -0.2) is 0 Å². The molecule has 146 valence electrons. The van der Waals surface area contributed by atoms with E-state index in [2.05, 4.69) is 26.8 Å². The Labute approximate surface area is 164 Å². The molecule has 0 saturated carbocycles. The van der Waals surface area contributed by atoms with E-state index in [0.717, 1.165) is 22.4 Å². The molecule has 0 spiro atoms. The Morgan fingerprint density at radius 1 is 1.11 bits per heavy atom. The number of ether oxygens (including phenoxy) is 1. The fourth-order valence-electron chi connectivity index (χ4n) is 2.89. The van der Waals surface area contributed by atoms with Crippen LogP contribution in [-0.4, -0.2) is 39.3 Å². The van der Waals surface area contributed by atoms with Crippen LogP contribution in [0, 0.1) is 13.8 Å². The number of nitrogens with one attached hydrogen (secondary N) is 1. The van der Waals surface area contributed by atoms with E-state index in [-0.39, 0.29) is 5.91 Å². The lowest BCUT2D eigenvalue weighted by Crippen LogP contribution is -2.28. The highest BCUT2D eigenvalue weighted by Crippen LogP contribution is 2.16. The van der Waals surface area contributed by atoms with Crippen molar-refractivity contribution < 1.29 is 9.53 Å². The van der Waals surface area contributed by atoms with E-state index in [9.17, 15) is 4.79 Å². The van der Waals surface area contributed by atoms with Crippen LogP contribution in [-0.2, 0) is 11.3 Å². The molecule has 0 unspecified atom stereocenters. The second-order valence-electron chi connectivity index (χ2n) is 6.70. The summed E-state index contributed by atoms with van der Waals surface area (Å²) in [6.45, 7) is 5.54. The van der Waals surface area contributed by atoms with Crippen molar-refractivity contribution in [2.24, 2.45) is 0 Å². The van der Waals surface area contributed by atoms with Gasteiger partial charge in [0.15, 0.2) is 0 Å². The van der Waals surface area contributed by atoms with Crippen LogP contribution in [0.1, 0.15) is 24.0 Å². The minimum absolute atomic E-state index is 0.00702. The summed E-state index contributed by atoms with van der Waals surface area (Å²) in [5.74, 6) is 1.42. The second kappa shape index (κ2) is 9.64. The van der Waals surface area contributed by atoms with E-state index in [1.54, 1.807) is 0 Å². The SMILES string of the molecule is Cc1cc(C)cc(OCCNC(=O)CCCn2nnc(-c3ccccc3)n2)c1. The van der Waals surface area contributed by atoms with Crippen molar-refractivity contribution in [3.63, 3.8) is 0 Å². The van der Waals surface area contributed by atoms with Gasteiger partial charge < -0.3 is 10.1 Å². The van der Waals surface area contributed by atoms with Crippen molar-refractivity contribution in [1.29, 1.82) is 0 Å². The highest BCUT2D eigenvalue weighted by molar-refractivity contribution is 5.75. The van der Waals surface area contributed by atoms with Crippen molar-refractivity contribution in [3.05, 3.63) is 59.7 Å². The smallest absolute Gasteiger partial charge is 0.220 e. The highest BCUT2D eigenvalue weighted by Gasteiger charge is 2.06. The minimum atomic E-state index is -0.00702. The first-order valence-corrected chi connectivity index (χ1v) is 9.41. The Balaban J connectivity index is 1.33. The molecule has 0 aliphatic carbocycles. The number of amides is 1. The lowest BCUT2D eigenvalue weighted by molar-refractivity contribution is -0.121. The molecular formula is C21H25N5O2. The molecular weight excluding hydrogens is 354 g/mol. The third-order valence-electron chi connectivity index (χ3n) is 4.13. The summed E-state index contributed by atoms with van der Waals surface area (Å²) < 4.78 is 5.69. The summed E-state index contributed by atoms with van der Waals surface area (Å²) in [4.78, 5) is 13.5. The van der Waals surface area contributed by atoms with Crippen LogP contribution in [0.3, 0.4) is 0 Å². The molecule has 0 bridgehead atoms. The van der Waals surface area contributed by atoms with Gasteiger partial charge in [-0.05, 0) is 48.7 Å². The molecule has 3 rings (SSSR count). The number of tetrazole rings is 1. The van der Waals surface area contributed by atoms with Gasteiger partial charge in [-0.15, -0.1) is 10.2 Å². The maximum absolute atomic E-state index is 11.9. The third kappa shape index (κ3) is 5.90. The summed E-state index contributed by atoms with van der Waals surface area (Å²) in [6.07, 6.45) is 1.06. The zero-order chi connectivity index (χ0) is 19.8. The molecule has 7 heteroatoms. The quantitative estimate of drug-likeness (QED) is 0.578. The zero-order valence-corrected chi connectivity index (χ0v) is 16.3. The van der Waals surface area contributed by atoms with Crippen LogP contribution in [0.5, 0.6) is 5.75 Å². The number of aromatic nitrogens is 4. The molecule has 0 aliphatic rings. The van der Waals surface area contributed by atoms with E-state index in [4.69, 9.17) is 4.74 Å². The number of hydrogen-bond donors (Lipinski definition) is 1.